The second kappa shape index (κ2) is 6.56. The molecular weight excluding hydrogens is 302 g/mol. The van der Waals surface area contributed by atoms with Gasteiger partial charge in [0.2, 0.25) is 0 Å². The maximum atomic E-state index is 11.8. The summed E-state index contributed by atoms with van der Waals surface area (Å²) in [6.45, 7) is 6.07. The maximum absolute atomic E-state index is 11.8. The summed E-state index contributed by atoms with van der Waals surface area (Å²) in [6.07, 6.45) is 5.06. The Labute approximate surface area is 124 Å². The Kier molecular flexibility index (Phi) is 5.03. The van der Waals surface area contributed by atoms with Crippen LogP contribution < -0.4 is 4.90 Å². The van der Waals surface area contributed by atoms with E-state index in [-0.39, 0.29) is 5.78 Å². The van der Waals surface area contributed by atoms with Gasteiger partial charge in [-0.25, -0.2) is 0 Å². The molecule has 0 bridgehead atoms. The van der Waals surface area contributed by atoms with Crippen LogP contribution in [0, 0.1) is 5.92 Å². The largest absolute Gasteiger partial charge is 0.371 e. The van der Waals surface area contributed by atoms with Crippen LogP contribution in [-0.4, -0.2) is 18.9 Å². The molecule has 0 radical (unpaired) electrons. The lowest BCUT2D eigenvalue weighted by molar-refractivity contribution is 0.101. The lowest BCUT2D eigenvalue weighted by Gasteiger charge is -2.25. The Hall–Kier alpha value is -0.830. The van der Waals surface area contributed by atoms with Crippen LogP contribution in [0.5, 0.6) is 0 Å². The number of benzene rings is 1. The summed E-state index contributed by atoms with van der Waals surface area (Å²) < 4.78 is 0.975. The van der Waals surface area contributed by atoms with Crippen molar-refractivity contribution in [1.82, 2.24) is 0 Å². The molecule has 0 N–H and O–H groups in total. The van der Waals surface area contributed by atoms with Gasteiger partial charge < -0.3 is 4.90 Å². The molecular formula is C16H22BrNO. The zero-order chi connectivity index (χ0) is 13.8. The molecule has 0 saturated carbocycles. The molecule has 19 heavy (non-hydrogen) atoms. The quantitative estimate of drug-likeness (QED) is 0.753. The first-order chi connectivity index (χ1) is 9.11. The van der Waals surface area contributed by atoms with Crippen LogP contribution in [0.4, 0.5) is 5.69 Å². The van der Waals surface area contributed by atoms with Crippen LogP contribution in [0.3, 0.4) is 0 Å². The standard InChI is InChI=1S/C16H22BrNO/c1-3-13-5-4-9-18(10-8-13)16-7-6-14(17)11-15(16)12(2)19/h6-7,11,13H,3-5,8-10H2,1-2H3. The fourth-order valence-electron chi connectivity index (χ4n) is 2.88. The van der Waals surface area contributed by atoms with Crippen molar-refractivity contribution in [3.63, 3.8) is 0 Å². The first-order valence-corrected chi connectivity index (χ1v) is 7.96. The predicted octanol–water partition coefficient (Wildman–Crippen LogP) is 4.67. The van der Waals surface area contributed by atoms with E-state index in [0.717, 1.165) is 34.7 Å². The lowest BCUT2D eigenvalue weighted by Crippen LogP contribution is -2.26. The third-order valence-electron chi connectivity index (χ3n) is 4.10. The molecule has 1 saturated heterocycles. The highest BCUT2D eigenvalue weighted by Crippen LogP contribution is 2.29. The number of ketones is 1. The molecule has 1 aliphatic rings. The second-order valence-corrected chi connectivity index (χ2v) is 6.33. The minimum Gasteiger partial charge on any atom is -0.371 e. The van der Waals surface area contributed by atoms with Crippen LogP contribution in [-0.2, 0) is 0 Å². The zero-order valence-corrected chi connectivity index (χ0v) is 13.4. The SMILES string of the molecule is CCC1CCCN(c2ccc(Br)cc2C(C)=O)CC1. The van der Waals surface area contributed by atoms with Gasteiger partial charge in [0.25, 0.3) is 0 Å². The summed E-state index contributed by atoms with van der Waals surface area (Å²) in [4.78, 5) is 14.2. The number of rotatable bonds is 3. The summed E-state index contributed by atoms with van der Waals surface area (Å²) in [7, 11) is 0. The summed E-state index contributed by atoms with van der Waals surface area (Å²) in [5.74, 6) is 0.994. The van der Waals surface area contributed by atoms with Crippen LogP contribution in [0.25, 0.3) is 0 Å². The van der Waals surface area contributed by atoms with Gasteiger partial charge in [0.05, 0.1) is 0 Å². The number of carbonyl (C=O) groups is 1. The summed E-state index contributed by atoms with van der Waals surface area (Å²) in [5.41, 5.74) is 1.94. The number of nitrogens with zero attached hydrogens (tertiary/aromatic N) is 1. The van der Waals surface area contributed by atoms with Crippen LogP contribution in [0.15, 0.2) is 22.7 Å². The van der Waals surface area contributed by atoms with Crippen molar-refractivity contribution in [2.24, 2.45) is 5.92 Å². The molecule has 1 aliphatic heterocycles. The highest BCUT2D eigenvalue weighted by Gasteiger charge is 2.19. The molecule has 2 rings (SSSR count). The summed E-state index contributed by atoms with van der Waals surface area (Å²) in [5, 5.41) is 0. The minimum atomic E-state index is 0.146. The second-order valence-electron chi connectivity index (χ2n) is 5.41. The Morgan fingerprint density at radius 3 is 2.84 bits per heavy atom. The van der Waals surface area contributed by atoms with Gasteiger partial charge in [0.1, 0.15) is 0 Å². The minimum absolute atomic E-state index is 0.146. The number of Topliss-reactive ketones (excluding diaryl/α,β-unsaturated/α-hetero) is 1. The van der Waals surface area contributed by atoms with Crippen LogP contribution in [0.1, 0.15) is 49.9 Å². The van der Waals surface area contributed by atoms with Crippen molar-refractivity contribution in [3.8, 4) is 0 Å². The van der Waals surface area contributed by atoms with Crippen molar-refractivity contribution in [2.45, 2.75) is 39.5 Å². The van der Waals surface area contributed by atoms with Crippen molar-refractivity contribution in [1.29, 1.82) is 0 Å². The van der Waals surface area contributed by atoms with Crippen molar-refractivity contribution < 1.29 is 4.79 Å². The number of hydrogen-bond acceptors (Lipinski definition) is 2. The third kappa shape index (κ3) is 3.59. The molecule has 104 valence electrons. The fraction of sp³-hybridized carbons (Fsp3) is 0.562. The molecule has 2 nitrogen and oxygen atoms in total. The van der Waals surface area contributed by atoms with E-state index in [2.05, 4.69) is 33.8 Å². The van der Waals surface area contributed by atoms with Gasteiger partial charge in [-0.15, -0.1) is 0 Å². The molecule has 0 amide bonds. The van der Waals surface area contributed by atoms with E-state index in [9.17, 15) is 4.79 Å². The smallest absolute Gasteiger partial charge is 0.161 e. The molecule has 1 unspecified atom stereocenters. The number of hydrogen-bond donors (Lipinski definition) is 0. The Balaban J connectivity index is 2.23. The average molecular weight is 324 g/mol. The molecule has 0 aromatic heterocycles. The number of anilines is 1. The third-order valence-corrected chi connectivity index (χ3v) is 4.60. The van der Waals surface area contributed by atoms with Crippen LogP contribution in [0.2, 0.25) is 0 Å². The average Bonchev–Trinajstić information content (AvgIpc) is 2.63. The molecule has 0 spiro atoms. The van der Waals surface area contributed by atoms with Gasteiger partial charge in [-0.3, -0.25) is 4.79 Å². The van der Waals surface area contributed by atoms with Crippen molar-refractivity contribution >= 4 is 27.4 Å². The number of halogens is 1. The molecule has 1 atom stereocenters. The zero-order valence-electron chi connectivity index (χ0n) is 11.8. The number of carbonyl (C=O) groups excluding carboxylic acids is 1. The lowest BCUT2D eigenvalue weighted by atomic mass is 9.98. The van der Waals surface area contributed by atoms with Gasteiger partial charge in [-0.05, 0) is 50.3 Å². The van der Waals surface area contributed by atoms with E-state index in [1.165, 1.54) is 25.7 Å². The Bertz CT molecular complexity index is 458. The summed E-state index contributed by atoms with van der Waals surface area (Å²) in [6, 6.07) is 6.05. The molecule has 1 aromatic carbocycles. The molecule has 1 fully saturated rings. The first kappa shape index (κ1) is 14.6. The van der Waals surface area contributed by atoms with E-state index in [1.807, 2.05) is 12.1 Å². The Morgan fingerprint density at radius 2 is 2.16 bits per heavy atom. The fourth-order valence-corrected chi connectivity index (χ4v) is 3.24. The van der Waals surface area contributed by atoms with E-state index >= 15 is 0 Å². The first-order valence-electron chi connectivity index (χ1n) is 7.17. The van der Waals surface area contributed by atoms with E-state index in [4.69, 9.17) is 0 Å². The van der Waals surface area contributed by atoms with Gasteiger partial charge in [-0.2, -0.15) is 0 Å². The van der Waals surface area contributed by atoms with Crippen LogP contribution >= 0.6 is 15.9 Å². The van der Waals surface area contributed by atoms with E-state index in [1.54, 1.807) is 6.92 Å². The highest BCUT2D eigenvalue weighted by molar-refractivity contribution is 9.10. The molecule has 1 aromatic rings. The molecule has 0 aliphatic carbocycles. The highest BCUT2D eigenvalue weighted by atomic mass is 79.9. The van der Waals surface area contributed by atoms with E-state index < -0.39 is 0 Å². The van der Waals surface area contributed by atoms with Crippen molar-refractivity contribution in [2.75, 3.05) is 18.0 Å². The predicted molar refractivity (Wildman–Crippen MR) is 84.0 cm³/mol. The van der Waals surface area contributed by atoms with E-state index in [0.29, 0.717) is 0 Å². The van der Waals surface area contributed by atoms with Gasteiger partial charge >= 0.3 is 0 Å². The molecule has 3 heteroatoms. The topological polar surface area (TPSA) is 20.3 Å². The molecule has 1 heterocycles. The van der Waals surface area contributed by atoms with Gasteiger partial charge in [0.15, 0.2) is 5.78 Å². The Morgan fingerprint density at radius 1 is 1.37 bits per heavy atom. The summed E-state index contributed by atoms with van der Waals surface area (Å²) >= 11 is 3.45. The normalized spacial score (nSPS) is 20.2. The van der Waals surface area contributed by atoms with Gasteiger partial charge in [0, 0.05) is 28.8 Å². The monoisotopic (exact) mass is 323 g/mol. The van der Waals surface area contributed by atoms with Crippen molar-refractivity contribution in [3.05, 3.63) is 28.2 Å². The maximum Gasteiger partial charge on any atom is 0.161 e. The van der Waals surface area contributed by atoms with Gasteiger partial charge in [-0.1, -0.05) is 29.3 Å².